The molecule has 0 aliphatic heterocycles. The average molecular weight is 226 g/mol. The van der Waals surface area contributed by atoms with Crippen molar-refractivity contribution in [1.82, 2.24) is 14.9 Å². The number of nitrogens with two attached hydrogens (primary N) is 1. The maximum Gasteiger partial charge on any atom is 0.323 e. The summed E-state index contributed by atoms with van der Waals surface area (Å²) in [7, 11) is 1.69. The van der Waals surface area contributed by atoms with Gasteiger partial charge in [-0.25, -0.2) is 4.79 Å². The Morgan fingerprint density at radius 3 is 2.62 bits per heavy atom. The topological polar surface area (TPSA) is 95.0 Å². The molecule has 0 spiro atoms. The van der Waals surface area contributed by atoms with Crippen LogP contribution in [0.1, 0.15) is 24.3 Å². The lowest BCUT2D eigenvalue weighted by Gasteiger charge is -2.28. The number of hydrogen-bond acceptors (Lipinski definition) is 3. The Kier molecular flexibility index (Phi) is 3.54. The van der Waals surface area contributed by atoms with E-state index in [9.17, 15) is 9.59 Å². The number of nitrogens with one attached hydrogen (secondary N) is 2. The van der Waals surface area contributed by atoms with Gasteiger partial charge < -0.3 is 20.6 Å². The molecule has 0 fully saturated rings. The molecule has 0 saturated heterocycles. The van der Waals surface area contributed by atoms with Crippen LogP contribution in [0, 0.1) is 5.41 Å². The molecule has 4 N–H and O–H groups in total. The number of imidazole rings is 1. The van der Waals surface area contributed by atoms with E-state index in [4.69, 9.17) is 5.73 Å². The van der Waals surface area contributed by atoms with Gasteiger partial charge in [0, 0.05) is 19.8 Å². The van der Waals surface area contributed by atoms with Gasteiger partial charge in [0.05, 0.1) is 0 Å². The molecular formula is C10H18N4O2. The van der Waals surface area contributed by atoms with Crippen molar-refractivity contribution in [1.29, 1.82) is 0 Å². The van der Waals surface area contributed by atoms with E-state index in [1.54, 1.807) is 11.9 Å². The Labute approximate surface area is 93.8 Å². The minimum Gasteiger partial charge on any atom is -0.340 e. The summed E-state index contributed by atoms with van der Waals surface area (Å²) >= 11 is 0. The lowest BCUT2D eigenvalue weighted by atomic mass is 9.93. The number of aromatic amines is 2. The first-order chi connectivity index (χ1) is 7.35. The van der Waals surface area contributed by atoms with Crippen LogP contribution in [0.25, 0.3) is 0 Å². The molecule has 0 aliphatic rings. The van der Waals surface area contributed by atoms with Crippen LogP contribution >= 0.6 is 0 Å². The Balaban J connectivity index is 2.72. The molecule has 6 nitrogen and oxygen atoms in total. The van der Waals surface area contributed by atoms with E-state index in [0.717, 1.165) is 0 Å². The summed E-state index contributed by atoms with van der Waals surface area (Å²) in [6, 6.07) is 0. The molecule has 1 aromatic rings. The molecular weight excluding hydrogens is 208 g/mol. The van der Waals surface area contributed by atoms with Crippen LogP contribution in [0.3, 0.4) is 0 Å². The summed E-state index contributed by atoms with van der Waals surface area (Å²) in [5.74, 6) is -0.222. The quantitative estimate of drug-likeness (QED) is 0.661. The third kappa shape index (κ3) is 2.96. The van der Waals surface area contributed by atoms with E-state index in [2.05, 4.69) is 9.97 Å². The molecule has 0 saturated carbocycles. The summed E-state index contributed by atoms with van der Waals surface area (Å²) in [4.78, 5) is 29.1. The van der Waals surface area contributed by atoms with Crippen molar-refractivity contribution in [2.75, 3.05) is 20.1 Å². The predicted octanol–water partition coefficient (Wildman–Crippen LogP) is -0.240. The summed E-state index contributed by atoms with van der Waals surface area (Å²) in [5, 5.41) is 0. The maximum absolute atomic E-state index is 11.8. The second kappa shape index (κ2) is 4.52. The van der Waals surface area contributed by atoms with Crippen molar-refractivity contribution < 1.29 is 4.79 Å². The minimum atomic E-state index is -0.380. The SMILES string of the molecule is CN(CC(C)(C)CN)C(=O)c1c[nH]c(=O)[nH]1. The fraction of sp³-hybridized carbons (Fsp3) is 0.600. The molecule has 0 radical (unpaired) electrons. The molecule has 1 heterocycles. The van der Waals surface area contributed by atoms with Crippen LogP contribution in [0.2, 0.25) is 0 Å². The number of aromatic nitrogens is 2. The van der Waals surface area contributed by atoms with Gasteiger partial charge in [0.25, 0.3) is 5.91 Å². The van der Waals surface area contributed by atoms with E-state index >= 15 is 0 Å². The maximum atomic E-state index is 11.8. The number of hydrogen-bond donors (Lipinski definition) is 3. The van der Waals surface area contributed by atoms with Gasteiger partial charge in [0.2, 0.25) is 0 Å². The fourth-order valence-corrected chi connectivity index (χ4v) is 1.43. The van der Waals surface area contributed by atoms with Gasteiger partial charge in [0.1, 0.15) is 5.69 Å². The van der Waals surface area contributed by atoms with Gasteiger partial charge in [-0.1, -0.05) is 13.8 Å². The van der Waals surface area contributed by atoms with Crippen molar-refractivity contribution in [3.05, 3.63) is 22.4 Å². The number of amides is 1. The highest BCUT2D eigenvalue weighted by atomic mass is 16.2. The van der Waals surface area contributed by atoms with Gasteiger partial charge in [-0.2, -0.15) is 0 Å². The third-order valence-corrected chi connectivity index (χ3v) is 2.39. The third-order valence-electron chi connectivity index (χ3n) is 2.39. The Hall–Kier alpha value is -1.56. The van der Waals surface area contributed by atoms with Gasteiger partial charge in [-0.15, -0.1) is 0 Å². The number of carbonyl (C=O) groups is 1. The van der Waals surface area contributed by atoms with Gasteiger partial charge in [-0.3, -0.25) is 4.79 Å². The Morgan fingerprint density at radius 1 is 1.56 bits per heavy atom. The molecule has 1 aromatic heterocycles. The smallest absolute Gasteiger partial charge is 0.323 e. The van der Waals surface area contributed by atoms with Crippen LogP contribution in [0.4, 0.5) is 0 Å². The first kappa shape index (κ1) is 12.5. The fourth-order valence-electron chi connectivity index (χ4n) is 1.43. The lowest BCUT2D eigenvalue weighted by molar-refractivity contribution is 0.0735. The number of rotatable bonds is 4. The summed E-state index contributed by atoms with van der Waals surface area (Å²) < 4.78 is 0. The molecule has 0 aliphatic carbocycles. The average Bonchev–Trinajstić information content (AvgIpc) is 2.63. The monoisotopic (exact) mass is 226 g/mol. The highest BCUT2D eigenvalue weighted by molar-refractivity contribution is 5.91. The molecule has 1 rings (SSSR count). The lowest BCUT2D eigenvalue weighted by Crippen LogP contribution is -2.40. The molecule has 0 bridgehead atoms. The molecule has 16 heavy (non-hydrogen) atoms. The molecule has 1 amide bonds. The highest BCUT2D eigenvalue weighted by Crippen LogP contribution is 2.14. The second-order valence-electron chi connectivity index (χ2n) is 4.69. The van der Waals surface area contributed by atoms with E-state index < -0.39 is 0 Å². The van der Waals surface area contributed by atoms with Crippen LogP contribution < -0.4 is 11.4 Å². The number of H-pyrrole nitrogens is 2. The van der Waals surface area contributed by atoms with Crippen molar-refractivity contribution in [2.45, 2.75) is 13.8 Å². The standard InChI is InChI=1S/C10H18N4O2/c1-10(2,5-11)6-14(3)8(15)7-4-12-9(16)13-7/h4H,5-6,11H2,1-3H3,(H2,12,13,16). The summed E-state index contributed by atoms with van der Waals surface area (Å²) in [5.41, 5.74) is 5.34. The Morgan fingerprint density at radius 2 is 2.19 bits per heavy atom. The minimum absolute atomic E-state index is 0.138. The van der Waals surface area contributed by atoms with Crippen LogP contribution in [0.15, 0.2) is 11.0 Å². The van der Waals surface area contributed by atoms with Crippen LogP contribution in [-0.4, -0.2) is 40.9 Å². The summed E-state index contributed by atoms with van der Waals surface area (Å²) in [6.07, 6.45) is 1.37. The zero-order chi connectivity index (χ0) is 12.3. The molecule has 0 unspecified atom stereocenters. The zero-order valence-corrected chi connectivity index (χ0v) is 9.83. The largest absolute Gasteiger partial charge is 0.340 e. The van der Waals surface area contributed by atoms with Crippen molar-refractivity contribution in [3.63, 3.8) is 0 Å². The van der Waals surface area contributed by atoms with Gasteiger partial charge >= 0.3 is 5.69 Å². The molecule has 90 valence electrons. The van der Waals surface area contributed by atoms with Crippen molar-refractivity contribution in [3.8, 4) is 0 Å². The number of carbonyl (C=O) groups excluding carboxylic acids is 1. The van der Waals surface area contributed by atoms with E-state index in [1.807, 2.05) is 13.8 Å². The van der Waals surface area contributed by atoms with E-state index in [0.29, 0.717) is 13.1 Å². The van der Waals surface area contributed by atoms with Crippen LogP contribution in [-0.2, 0) is 0 Å². The van der Waals surface area contributed by atoms with Crippen LogP contribution in [0.5, 0.6) is 0 Å². The second-order valence-corrected chi connectivity index (χ2v) is 4.69. The molecule has 0 aromatic carbocycles. The Bertz CT molecular complexity index is 418. The number of nitrogens with zero attached hydrogens (tertiary/aromatic N) is 1. The van der Waals surface area contributed by atoms with E-state index in [-0.39, 0.29) is 22.7 Å². The summed E-state index contributed by atoms with van der Waals surface area (Å²) in [6.45, 7) is 5.00. The molecule has 0 atom stereocenters. The van der Waals surface area contributed by atoms with E-state index in [1.165, 1.54) is 6.20 Å². The first-order valence-corrected chi connectivity index (χ1v) is 5.09. The predicted molar refractivity (Wildman–Crippen MR) is 61.2 cm³/mol. The highest BCUT2D eigenvalue weighted by Gasteiger charge is 2.22. The van der Waals surface area contributed by atoms with Gasteiger partial charge in [-0.05, 0) is 12.0 Å². The van der Waals surface area contributed by atoms with Gasteiger partial charge in [0.15, 0.2) is 0 Å². The van der Waals surface area contributed by atoms with Crippen molar-refractivity contribution >= 4 is 5.91 Å². The first-order valence-electron chi connectivity index (χ1n) is 5.09. The normalized spacial score (nSPS) is 11.5. The molecule has 6 heteroatoms. The van der Waals surface area contributed by atoms with Crippen molar-refractivity contribution in [2.24, 2.45) is 11.1 Å². The zero-order valence-electron chi connectivity index (χ0n) is 9.83.